The lowest BCUT2D eigenvalue weighted by atomic mass is 9.90. The predicted molar refractivity (Wildman–Crippen MR) is 123 cm³/mol. The lowest BCUT2D eigenvalue weighted by Gasteiger charge is -2.28. The molecule has 3 saturated heterocycles. The maximum atomic E-state index is 6.66. The van der Waals surface area contributed by atoms with Gasteiger partial charge in [0.1, 0.15) is 11.6 Å². The van der Waals surface area contributed by atoms with Gasteiger partial charge in [-0.3, -0.25) is 0 Å². The maximum Gasteiger partial charge on any atom is 0.159 e. The molecule has 0 saturated carbocycles. The summed E-state index contributed by atoms with van der Waals surface area (Å²) in [5.41, 5.74) is 2.26. The van der Waals surface area contributed by atoms with Gasteiger partial charge in [-0.05, 0) is 62.9 Å². The van der Waals surface area contributed by atoms with E-state index in [-0.39, 0.29) is 7.43 Å². The van der Waals surface area contributed by atoms with Gasteiger partial charge in [0.2, 0.25) is 0 Å². The largest absolute Gasteiger partial charge is 0.374 e. The van der Waals surface area contributed by atoms with Gasteiger partial charge in [0, 0.05) is 23.0 Å². The van der Waals surface area contributed by atoms with E-state index in [9.17, 15) is 0 Å². The highest BCUT2D eigenvalue weighted by Crippen LogP contribution is 2.36. The average molecular weight is 441 g/mol. The molecule has 164 valence electrons. The van der Waals surface area contributed by atoms with E-state index in [1.165, 1.54) is 5.56 Å². The zero-order valence-electron chi connectivity index (χ0n) is 17.0. The van der Waals surface area contributed by atoms with Gasteiger partial charge >= 0.3 is 0 Å². The highest BCUT2D eigenvalue weighted by atomic mass is 35.5. The number of piperidine rings is 1. The number of aryl methyl sites for hydroxylation is 1. The van der Waals surface area contributed by atoms with E-state index >= 15 is 0 Å². The number of nitrogens with one attached hydrogen (secondary N) is 1. The first kappa shape index (κ1) is 20.7. The van der Waals surface area contributed by atoms with Crippen molar-refractivity contribution >= 4 is 28.3 Å². The number of ether oxygens (including phenoxy) is 1. The molecule has 3 aliphatic heterocycles. The Morgan fingerprint density at radius 2 is 1.94 bits per heavy atom. The first-order valence-corrected chi connectivity index (χ1v) is 11.2. The molecule has 0 aliphatic carbocycles. The summed E-state index contributed by atoms with van der Waals surface area (Å²) in [6, 6.07) is 6.73. The summed E-state index contributed by atoms with van der Waals surface area (Å²) >= 11 is 6.66. The van der Waals surface area contributed by atoms with Crippen LogP contribution in [-0.2, 0) is 4.74 Å². The number of halogens is 1. The second kappa shape index (κ2) is 8.04. The number of benzene rings is 1. The summed E-state index contributed by atoms with van der Waals surface area (Å²) in [5.74, 6) is 3.00. The first-order valence-electron chi connectivity index (χ1n) is 10.8. The Morgan fingerprint density at radius 1 is 1.13 bits per heavy atom. The number of anilines is 1. The molecule has 5 heterocycles. The van der Waals surface area contributed by atoms with Crippen LogP contribution < -0.4 is 10.2 Å². The monoisotopic (exact) mass is 440 g/mol. The quantitative estimate of drug-likeness (QED) is 0.667. The van der Waals surface area contributed by atoms with Crippen LogP contribution in [0.4, 0.5) is 5.82 Å². The standard InChI is InChI=1S/C22H25ClN6O.CH4/c1-13-26-21(28-11-17-7-16(28)12-30-17)9-22(27-13)29-20-8-18(14-2-4-24-5-3-14)19(23)6-15(20)10-25-29;/h6,8-10,14,16-17,24H,2-5,7,11-12H2,1H3;1H4. The van der Waals surface area contributed by atoms with Crippen LogP contribution in [0, 0.1) is 6.92 Å². The van der Waals surface area contributed by atoms with E-state index < -0.39 is 0 Å². The van der Waals surface area contributed by atoms with Crippen LogP contribution in [0.3, 0.4) is 0 Å². The Bertz CT molecular complexity index is 1110. The second-order valence-corrected chi connectivity index (χ2v) is 9.05. The second-order valence-electron chi connectivity index (χ2n) is 8.64. The molecule has 3 aliphatic rings. The fourth-order valence-electron chi connectivity index (χ4n) is 5.16. The van der Waals surface area contributed by atoms with Gasteiger partial charge < -0.3 is 15.0 Å². The molecular weight excluding hydrogens is 412 g/mol. The van der Waals surface area contributed by atoms with Crippen molar-refractivity contribution in [3.63, 3.8) is 0 Å². The molecule has 0 spiro atoms. The summed E-state index contributed by atoms with van der Waals surface area (Å²) in [5, 5.41) is 9.96. The minimum atomic E-state index is 0. The molecule has 2 aromatic heterocycles. The van der Waals surface area contributed by atoms with Crippen molar-refractivity contribution in [1.82, 2.24) is 25.1 Å². The number of morpholine rings is 1. The third-order valence-electron chi connectivity index (χ3n) is 6.69. The number of hydrogen-bond acceptors (Lipinski definition) is 6. The Hall–Kier alpha value is -2.22. The average Bonchev–Trinajstić information content (AvgIpc) is 3.49. The van der Waals surface area contributed by atoms with Gasteiger partial charge in [0.15, 0.2) is 5.82 Å². The van der Waals surface area contributed by atoms with Gasteiger partial charge in [-0.15, -0.1) is 0 Å². The van der Waals surface area contributed by atoms with E-state index in [1.807, 2.05) is 23.9 Å². The minimum absolute atomic E-state index is 0. The fourth-order valence-corrected chi connectivity index (χ4v) is 5.49. The third kappa shape index (κ3) is 3.58. The summed E-state index contributed by atoms with van der Waals surface area (Å²) in [6.45, 7) is 5.70. The maximum absolute atomic E-state index is 6.66. The predicted octanol–water partition coefficient (Wildman–Crippen LogP) is 3.86. The Morgan fingerprint density at radius 3 is 2.68 bits per heavy atom. The van der Waals surface area contributed by atoms with Gasteiger partial charge in [-0.1, -0.05) is 19.0 Å². The molecule has 1 aromatic carbocycles. The third-order valence-corrected chi connectivity index (χ3v) is 7.02. The first-order chi connectivity index (χ1) is 14.7. The van der Waals surface area contributed by atoms with Crippen molar-refractivity contribution in [3.05, 3.63) is 40.8 Å². The molecule has 8 heteroatoms. The van der Waals surface area contributed by atoms with Crippen molar-refractivity contribution in [2.45, 2.75) is 51.7 Å². The van der Waals surface area contributed by atoms with Crippen LogP contribution in [-0.4, -0.2) is 58.1 Å². The Kier molecular flexibility index (Phi) is 5.36. The van der Waals surface area contributed by atoms with Crippen LogP contribution in [0.15, 0.2) is 24.4 Å². The molecule has 3 aromatic rings. The summed E-state index contributed by atoms with van der Waals surface area (Å²) in [4.78, 5) is 11.8. The van der Waals surface area contributed by atoms with Crippen LogP contribution in [0.1, 0.15) is 44.0 Å². The van der Waals surface area contributed by atoms with Crippen LogP contribution in [0.5, 0.6) is 0 Å². The van der Waals surface area contributed by atoms with E-state index in [4.69, 9.17) is 26.3 Å². The molecular formula is C23H29ClN6O. The van der Waals surface area contributed by atoms with Crippen molar-refractivity contribution in [3.8, 4) is 5.82 Å². The molecule has 3 fully saturated rings. The molecule has 0 amide bonds. The molecule has 2 bridgehead atoms. The number of nitrogens with zero attached hydrogens (tertiary/aromatic N) is 5. The van der Waals surface area contributed by atoms with E-state index in [2.05, 4.69) is 27.4 Å². The van der Waals surface area contributed by atoms with Gasteiger partial charge in [0.25, 0.3) is 0 Å². The zero-order chi connectivity index (χ0) is 20.2. The highest BCUT2D eigenvalue weighted by Gasteiger charge is 2.39. The van der Waals surface area contributed by atoms with Gasteiger partial charge in [-0.25, -0.2) is 14.6 Å². The fraction of sp³-hybridized carbons (Fsp3) is 0.522. The van der Waals surface area contributed by atoms with Crippen molar-refractivity contribution in [2.75, 3.05) is 31.1 Å². The number of rotatable bonds is 3. The lowest BCUT2D eigenvalue weighted by molar-refractivity contribution is 0.0988. The molecule has 2 atom stereocenters. The van der Waals surface area contributed by atoms with E-state index in [0.29, 0.717) is 18.1 Å². The number of fused-ring (bicyclic) bond motifs is 3. The molecule has 7 nitrogen and oxygen atoms in total. The number of hydrogen-bond donors (Lipinski definition) is 1. The zero-order valence-corrected chi connectivity index (χ0v) is 17.8. The lowest BCUT2D eigenvalue weighted by Crippen LogP contribution is -2.37. The SMILES string of the molecule is C.Cc1nc(N2CC3CC2CO3)cc(-n2ncc3cc(Cl)c(C4CCNCC4)cc32)n1. The van der Waals surface area contributed by atoms with Gasteiger partial charge in [-0.2, -0.15) is 5.10 Å². The molecule has 31 heavy (non-hydrogen) atoms. The Labute approximate surface area is 187 Å². The molecule has 0 radical (unpaired) electrons. The Balaban J connectivity index is 0.00000204. The van der Waals surface area contributed by atoms with Crippen LogP contribution in [0.2, 0.25) is 5.02 Å². The highest BCUT2D eigenvalue weighted by molar-refractivity contribution is 6.32. The molecule has 6 rings (SSSR count). The summed E-state index contributed by atoms with van der Waals surface area (Å²) < 4.78 is 7.69. The molecule has 1 N–H and O–H groups in total. The van der Waals surface area contributed by atoms with E-state index in [0.717, 1.165) is 78.9 Å². The van der Waals surface area contributed by atoms with Crippen LogP contribution >= 0.6 is 11.6 Å². The van der Waals surface area contributed by atoms with Crippen molar-refractivity contribution < 1.29 is 4.74 Å². The van der Waals surface area contributed by atoms with Gasteiger partial charge in [0.05, 0.1) is 30.5 Å². The van der Waals surface area contributed by atoms with Crippen molar-refractivity contribution in [1.29, 1.82) is 0 Å². The smallest absolute Gasteiger partial charge is 0.159 e. The van der Waals surface area contributed by atoms with E-state index in [1.54, 1.807) is 0 Å². The topological polar surface area (TPSA) is 68.1 Å². The normalized spacial score (nSPS) is 23.5. The summed E-state index contributed by atoms with van der Waals surface area (Å²) in [7, 11) is 0. The summed E-state index contributed by atoms with van der Waals surface area (Å²) in [6.07, 6.45) is 5.50. The van der Waals surface area contributed by atoms with Crippen LogP contribution in [0.25, 0.3) is 16.7 Å². The number of aromatic nitrogens is 4. The van der Waals surface area contributed by atoms with Crippen molar-refractivity contribution in [2.24, 2.45) is 0 Å². The molecule has 2 unspecified atom stereocenters. The minimum Gasteiger partial charge on any atom is -0.374 e.